The van der Waals surface area contributed by atoms with E-state index in [1.165, 1.54) is 19.2 Å². The zero-order valence-corrected chi connectivity index (χ0v) is 13.8. The Bertz CT molecular complexity index is 936. The maximum atomic E-state index is 12.7. The molecule has 1 aromatic carbocycles. The van der Waals surface area contributed by atoms with Crippen molar-refractivity contribution in [1.29, 1.82) is 0 Å². The summed E-state index contributed by atoms with van der Waals surface area (Å²) in [5.41, 5.74) is -0.145. The number of hydrogen-bond donors (Lipinski definition) is 0. The monoisotopic (exact) mass is 339 g/mol. The fourth-order valence-corrected chi connectivity index (χ4v) is 3.47. The number of ketones is 1. The normalized spacial score (nSPS) is 22.0. The number of carbonyl (C=O) groups is 2. The van der Waals surface area contributed by atoms with Crippen LogP contribution in [-0.2, 0) is 7.05 Å². The molecular formula is C18H17N3O4. The number of aryl methyl sites for hydroxylation is 1. The van der Waals surface area contributed by atoms with Crippen molar-refractivity contribution in [1.82, 2.24) is 14.7 Å². The van der Waals surface area contributed by atoms with Gasteiger partial charge in [0.05, 0.1) is 18.5 Å². The second-order valence-electron chi connectivity index (χ2n) is 6.54. The second-order valence-corrected chi connectivity index (χ2v) is 6.54. The third kappa shape index (κ3) is 2.61. The first-order valence-electron chi connectivity index (χ1n) is 8.12. The lowest BCUT2D eigenvalue weighted by Crippen LogP contribution is -2.45. The van der Waals surface area contributed by atoms with Gasteiger partial charge in [-0.05, 0) is 18.2 Å². The van der Waals surface area contributed by atoms with Crippen molar-refractivity contribution in [3.63, 3.8) is 0 Å². The first-order valence-corrected chi connectivity index (χ1v) is 8.12. The fourth-order valence-electron chi connectivity index (χ4n) is 3.47. The van der Waals surface area contributed by atoms with Crippen LogP contribution in [0.5, 0.6) is 5.75 Å². The Labute approximate surface area is 143 Å². The third-order valence-corrected chi connectivity index (χ3v) is 4.78. The van der Waals surface area contributed by atoms with Gasteiger partial charge in [-0.25, -0.2) is 4.68 Å². The molecule has 1 amide bonds. The number of carbonyl (C=O) groups excluding carboxylic acids is 2. The summed E-state index contributed by atoms with van der Waals surface area (Å²) >= 11 is 0. The van der Waals surface area contributed by atoms with Crippen molar-refractivity contribution in [3.8, 4) is 5.75 Å². The number of Topliss-reactive ketones (excluding diaryl/α,β-unsaturated/α-hetero) is 1. The molecule has 2 aliphatic heterocycles. The number of rotatable bonds is 1. The topological polar surface area (TPSA) is 81.5 Å². The minimum atomic E-state index is -0.679. The number of para-hydroxylation sites is 1. The molecule has 1 saturated heterocycles. The van der Waals surface area contributed by atoms with Crippen molar-refractivity contribution in [2.24, 2.45) is 7.05 Å². The highest BCUT2D eigenvalue weighted by Gasteiger charge is 2.47. The van der Waals surface area contributed by atoms with Crippen molar-refractivity contribution >= 4 is 11.7 Å². The number of aromatic nitrogens is 2. The Balaban J connectivity index is 1.57. The van der Waals surface area contributed by atoms with Gasteiger partial charge in [-0.1, -0.05) is 12.1 Å². The third-order valence-electron chi connectivity index (χ3n) is 4.78. The molecule has 0 saturated carbocycles. The van der Waals surface area contributed by atoms with Gasteiger partial charge in [-0.15, -0.1) is 0 Å². The van der Waals surface area contributed by atoms with Crippen molar-refractivity contribution in [3.05, 3.63) is 58.0 Å². The summed E-state index contributed by atoms with van der Waals surface area (Å²) in [4.78, 5) is 38.2. The van der Waals surface area contributed by atoms with Gasteiger partial charge in [0.25, 0.3) is 11.5 Å². The number of ether oxygens (including phenoxy) is 1. The van der Waals surface area contributed by atoms with E-state index in [1.807, 2.05) is 12.1 Å². The van der Waals surface area contributed by atoms with E-state index in [-0.39, 0.29) is 29.4 Å². The van der Waals surface area contributed by atoms with Crippen molar-refractivity contribution in [2.45, 2.75) is 18.4 Å². The zero-order chi connectivity index (χ0) is 17.6. The fraction of sp³-hybridized carbons (Fsp3) is 0.333. The van der Waals surface area contributed by atoms with E-state index in [0.717, 1.165) is 4.68 Å². The number of fused-ring (bicyclic) bond motifs is 1. The molecule has 4 rings (SSSR count). The molecule has 1 atom stereocenters. The van der Waals surface area contributed by atoms with Gasteiger partial charge in [0.1, 0.15) is 17.0 Å². The number of nitrogens with zero attached hydrogens (tertiary/aromatic N) is 3. The Morgan fingerprint density at radius 2 is 2.00 bits per heavy atom. The average molecular weight is 339 g/mol. The van der Waals surface area contributed by atoms with Crippen LogP contribution >= 0.6 is 0 Å². The van der Waals surface area contributed by atoms with Gasteiger partial charge in [0.15, 0.2) is 5.78 Å². The van der Waals surface area contributed by atoms with Crippen LogP contribution in [0.4, 0.5) is 0 Å². The molecule has 1 unspecified atom stereocenters. The quantitative estimate of drug-likeness (QED) is 0.775. The molecule has 2 aliphatic rings. The van der Waals surface area contributed by atoms with Crippen LogP contribution < -0.4 is 10.3 Å². The lowest BCUT2D eigenvalue weighted by atomic mass is 9.89. The van der Waals surface area contributed by atoms with Crippen LogP contribution in [0.1, 0.15) is 33.7 Å². The molecule has 1 fully saturated rings. The molecule has 0 N–H and O–H groups in total. The van der Waals surface area contributed by atoms with E-state index in [0.29, 0.717) is 30.8 Å². The largest absolute Gasteiger partial charge is 0.484 e. The van der Waals surface area contributed by atoms with E-state index < -0.39 is 5.60 Å². The highest BCUT2D eigenvalue weighted by molar-refractivity contribution is 6.00. The van der Waals surface area contributed by atoms with Gasteiger partial charge in [-0.3, -0.25) is 14.4 Å². The zero-order valence-electron chi connectivity index (χ0n) is 13.8. The van der Waals surface area contributed by atoms with Gasteiger partial charge >= 0.3 is 0 Å². The number of hydrogen-bond acceptors (Lipinski definition) is 5. The van der Waals surface area contributed by atoms with Crippen LogP contribution in [0.25, 0.3) is 0 Å². The summed E-state index contributed by atoms with van der Waals surface area (Å²) in [7, 11) is 1.50. The molecule has 7 nitrogen and oxygen atoms in total. The highest BCUT2D eigenvalue weighted by atomic mass is 16.5. The smallest absolute Gasteiger partial charge is 0.274 e. The lowest BCUT2D eigenvalue weighted by Gasteiger charge is -2.34. The standard InChI is InChI=1S/C18H17N3O4/c1-20-16(23)7-6-13(19-20)17(24)21-9-8-18(11-21)10-14(22)12-4-2-3-5-15(12)25-18/h2-7H,8-11H2,1H3. The van der Waals surface area contributed by atoms with Crippen LogP contribution in [0, 0.1) is 0 Å². The molecule has 0 radical (unpaired) electrons. The molecule has 2 aromatic rings. The Kier molecular flexibility index (Phi) is 3.45. The summed E-state index contributed by atoms with van der Waals surface area (Å²) in [6.07, 6.45) is 0.846. The second kappa shape index (κ2) is 5.54. The van der Waals surface area contributed by atoms with Gasteiger partial charge in [0, 0.05) is 26.1 Å². The molecule has 7 heteroatoms. The maximum Gasteiger partial charge on any atom is 0.274 e. The highest BCUT2D eigenvalue weighted by Crippen LogP contribution is 2.38. The molecule has 128 valence electrons. The van der Waals surface area contributed by atoms with Crippen LogP contribution in [0.15, 0.2) is 41.2 Å². The number of likely N-dealkylation sites (tertiary alicyclic amines) is 1. The summed E-state index contributed by atoms with van der Waals surface area (Å²) < 4.78 is 7.25. The Morgan fingerprint density at radius 1 is 1.20 bits per heavy atom. The molecule has 0 aliphatic carbocycles. The lowest BCUT2D eigenvalue weighted by molar-refractivity contribution is 0.0426. The predicted octanol–water partition coefficient (Wildman–Crippen LogP) is 1.03. The molecular weight excluding hydrogens is 322 g/mol. The molecule has 3 heterocycles. The molecule has 25 heavy (non-hydrogen) atoms. The van der Waals surface area contributed by atoms with Crippen molar-refractivity contribution < 1.29 is 14.3 Å². The Morgan fingerprint density at radius 3 is 2.80 bits per heavy atom. The molecule has 1 aromatic heterocycles. The molecule has 1 spiro atoms. The van der Waals surface area contributed by atoms with E-state index in [1.54, 1.807) is 17.0 Å². The minimum Gasteiger partial charge on any atom is -0.484 e. The van der Waals surface area contributed by atoms with Gasteiger partial charge in [-0.2, -0.15) is 5.10 Å². The van der Waals surface area contributed by atoms with Crippen molar-refractivity contribution in [2.75, 3.05) is 13.1 Å². The van der Waals surface area contributed by atoms with E-state index in [4.69, 9.17) is 4.74 Å². The minimum absolute atomic E-state index is 0.0383. The van der Waals surface area contributed by atoms with Crippen LogP contribution in [0.2, 0.25) is 0 Å². The molecule has 0 bridgehead atoms. The first kappa shape index (κ1) is 15.6. The Hall–Kier alpha value is -2.96. The summed E-state index contributed by atoms with van der Waals surface area (Å²) in [5, 5.41) is 4.01. The summed E-state index contributed by atoms with van der Waals surface area (Å²) in [5.74, 6) is 0.354. The first-order chi connectivity index (χ1) is 12.0. The SMILES string of the molecule is Cn1nc(C(=O)N2CCC3(CC(=O)c4ccccc4O3)C2)ccc1=O. The van der Waals surface area contributed by atoms with E-state index >= 15 is 0 Å². The average Bonchev–Trinajstić information content (AvgIpc) is 3.00. The van der Waals surface area contributed by atoms with E-state index in [2.05, 4.69) is 5.10 Å². The summed E-state index contributed by atoms with van der Waals surface area (Å²) in [6, 6.07) is 9.94. The van der Waals surface area contributed by atoms with Gasteiger partial charge in [0.2, 0.25) is 0 Å². The van der Waals surface area contributed by atoms with E-state index in [9.17, 15) is 14.4 Å². The summed E-state index contributed by atoms with van der Waals surface area (Å²) in [6.45, 7) is 0.815. The maximum absolute atomic E-state index is 12.7. The number of amides is 1. The van der Waals surface area contributed by atoms with Gasteiger partial charge < -0.3 is 9.64 Å². The number of benzene rings is 1. The van der Waals surface area contributed by atoms with Crippen LogP contribution in [0.3, 0.4) is 0 Å². The predicted molar refractivity (Wildman–Crippen MR) is 88.7 cm³/mol. The van der Waals surface area contributed by atoms with Crippen LogP contribution in [-0.4, -0.2) is 45.1 Å².